The summed E-state index contributed by atoms with van der Waals surface area (Å²) in [6, 6.07) is 13.0. The Morgan fingerprint density at radius 2 is 1.61 bits per heavy atom. The average Bonchev–Trinajstić information content (AvgIpc) is 3.12. The standard InChI is InChI=1S/C23H26Cl3N5/c1-23(2,3)20(13-9-15-6-12-18(25)14-19(15)26)31-22(27-28-29-31)21(30(4)5)16-7-10-17(24)11-8-16/h6-14,20-21H,1-5H3/b13-9-. The predicted octanol–water partition coefficient (Wildman–Crippen LogP) is 6.58. The van der Waals surface area contributed by atoms with Crippen LogP contribution in [0, 0.1) is 5.41 Å². The smallest absolute Gasteiger partial charge is 0.173 e. The van der Waals surface area contributed by atoms with E-state index in [1.54, 1.807) is 6.07 Å². The van der Waals surface area contributed by atoms with Gasteiger partial charge in [0.15, 0.2) is 5.82 Å². The predicted molar refractivity (Wildman–Crippen MR) is 129 cm³/mol. The highest BCUT2D eigenvalue weighted by molar-refractivity contribution is 6.35. The Bertz CT molecular complexity index is 1050. The van der Waals surface area contributed by atoms with E-state index in [4.69, 9.17) is 34.8 Å². The average molecular weight is 479 g/mol. The Balaban J connectivity index is 2.05. The summed E-state index contributed by atoms with van der Waals surface area (Å²) >= 11 is 18.5. The Morgan fingerprint density at radius 1 is 0.968 bits per heavy atom. The molecular weight excluding hydrogens is 453 g/mol. The Hall–Kier alpha value is -1.92. The molecule has 2 atom stereocenters. The summed E-state index contributed by atoms with van der Waals surface area (Å²) in [6.45, 7) is 6.47. The molecule has 3 aromatic rings. The molecule has 0 radical (unpaired) electrons. The van der Waals surface area contributed by atoms with Crippen LogP contribution in [0.1, 0.15) is 49.8 Å². The van der Waals surface area contributed by atoms with Crippen LogP contribution >= 0.6 is 34.8 Å². The van der Waals surface area contributed by atoms with E-state index < -0.39 is 0 Å². The van der Waals surface area contributed by atoms with Crippen LogP contribution in [0.3, 0.4) is 0 Å². The summed E-state index contributed by atoms with van der Waals surface area (Å²) in [4.78, 5) is 2.09. The number of hydrogen-bond acceptors (Lipinski definition) is 4. The minimum absolute atomic E-state index is 0.112. The second-order valence-corrected chi connectivity index (χ2v) is 10.0. The number of nitrogens with zero attached hydrogens (tertiary/aromatic N) is 5. The van der Waals surface area contributed by atoms with E-state index in [1.807, 2.05) is 61.3 Å². The molecule has 31 heavy (non-hydrogen) atoms. The van der Waals surface area contributed by atoms with Gasteiger partial charge in [0.1, 0.15) is 0 Å². The monoisotopic (exact) mass is 477 g/mol. The second-order valence-electron chi connectivity index (χ2n) is 8.74. The molecule has 0 aliphatic carbocycles. The van der Waals surface area contributed by atoms with Crippen molar-refractivity contribution in [3.05, 3.63) is 80.6 Å². The molecule has 1 heterocycles. The fourth-order valence-corrected chi connectivity index (χ4v) is 4.07. The number of halogens is 3. The summed E-state index contributed by atoms with van der Waals surface area (Å²) in [7, 11) is 4.02. The van der Waals surface area contributed by atoms with Crippen molar-refractivity contribution in [3.8, 4) is 0 Å². The van der Waals surface area contributed by atoms with Crippen LogP contribution in [0.2, 0.25) is 15.1 Å². The molecule has 0 aliphatic rings. The van der Waals surface area contributed by atoms with Gasteiger partial charge in [0.05, 0.1) is 12.1 Å². The van der Waals surface area contributed by atoms with Gasteiger partial charge in [0.2, 0.25) is 0 Å². The Labute approximate surface area is 198 Å². The minimum atomic E-state index is -0.156. The number of hydrogen-bond donors (Lipinski definition) is 0. The van der Waals surface area contributed by atoms with Crippen molar-refractivity contribution in [1.82, 2.24) is 25.1 Å². The van der Waals surface area contributed by atoms with E-state index in [2.05, 4.69) is 47.3 Å². The topological polar surface area (TPSA) is 46.8 Å². The lowest BCUT2D eigenvalue weighted by molar-refractivity contribution is 0.245. The molecular formula is C23H26Cl3N5. The molecule has 0 fully saturated rings. The molecule has 0 saturated heterocycles. The van der Waals surface area contributed by atoms with E-state index in [1.165, 1.54) is 0 Å². The number of benzene rings is 2. The van der Waals surface area contributed by atoms with Gasteiger partial charge in [-0.25, -0.2) is 4.68 Å². The van der Waals surface area contributed by atoms with Gasteiger partial charge >= 0.3 is 0 Å². The third-order valence-electron chi connectivity index (χ3n) is 5.04. The molecule has 2 unspecified atom stereocenters. The second kappa shape index (κ2) is 9.70. The number of aromatic nitrogens is 4. The first-order valence-corrected chi connectivity index (χ1v) is 11.0. The molecule has 5 nitrogen and oxygen atoms in total. The third kappa shape index (κ3) is 5.66. The van der Waals surface area contributed by atoms with Gasteiger partial charge in [-0.15, -0.1) is 5.10 Å². The van der Waals surface area contributed by atoms with Crippen LogP contribution in [-0.2, 0) is 0 Å². The van der Waals surface area contributed by atoms with Crippen LogP contribution in [0.4, 0.5) is 0 Å². The van der Waals surface area contributed by atoms with E-state index >= 15 is 0 Å². The highest BCUT2D eigenvalue weighted by atomic mass is 35.5. The van der Waals surface area contributed by atoms with Gasteiger partial charge < -0.3 is 0 Å². The van der Waals surface area contributed by atoms with Crippen LogP contribution in [0.5, 0.6) is 0 Å². The van der Waals surface area contributed by atoms with Crippen LogP contribution in [0.15, 0.2) is 48.5 Å². The van der Waals surface area contributed by atoms with Gasteiger partial charge in [-0.1, -0.05) is 85.9 Å². The number of tetrazole rings is 1. The van der Waals surface area contributed by atoms with Gasteiger partial charge in [-0.3, -0.25) is 4.90 Å². The lowest BCUT2D eigenvalue weighted by Gasteiger charge is -2.31. The number of allylic oxidation sites excluding steroid dienone is 1. The lowest BCUT2D eigenvalue weighted by Crippen LogP contribution is -2.30. The molecule has 8 heteroatoms. The fourth-order valence-electron chi connectivity index (χ4n) is 3.47. The maximum atomic E-state index is 6.37. The van der Waals surface area contributed by atoms with E-state index in [0.29, 0.717) is 15.1 Å². The summed E-state index contributed by atoms with van der Waals surface area (Å²) in [6.07, 6.45) is 4.08. The van der Waals surface area contributed by atoms with Crippen molar-refractivity contribution in [1.29, 1.82) is 0 Å². The van der Waals surface area contributed by atoms with Crippen molar-refractivity contribution in [2.45, 2.75) is 32.9 Å². The lowest BCUT2D eigenvalue weighted by atomic mass is 9.86. The summed E-state index contributed by atoms with van der Waals surface area (Å²) in [5.41, 5.74) is 1.79. The highest BCUT2D eigenvalue weighted by Gasteiger charge is 2.31. The van der Waals surface area contributed by atoms with E-state index in [0.717, 1.165) is 17.0 Å². The van der Waals surface area contributed by atoms with E-state index in [9.17, 15) is 0 Å². The van der Waals surface area contributed by atoms with Crippen molar-refractivity contribution < 1.29 is 0 Å². The van der Waals surface area contributed by atoms with Crippen molar-refractivity contribution in [2.75, 3.05) is 14.1 Å². The maximum absolute atomic E-state index is 6.37. The van der Waals surface area contributed by atoms with Gasteiger partial charge in [-0.05, 0) is 65.3 Å². The van der Waals surface area contributed by atoms with E-state index in [-0.39, 0.29) is 17.5 Å². The summed E-state index contributed by atoms with van der Waals surface area (Å²) < 4.78 is 1.89. The molecule has 0 aliphatic heterocycles. The van der Waals surface area contributed by atoms with Crippen molar-refractivity contribution >= 4 is 40.9 Å². The summed E-state index contributed by atoms with van der Waals surface area (Å²) in [5, 5.41) is 14.7. The fraction of sp³-hybridized carbons (Fsp3) is 0.348. The van der Waals surface area contributed by atoms with Crippen molar-refractivity contribution in [2.24, 2.45) is 5.41 Å². The molecule has 0 spiro atoms. The zero-order valence-electron chi connectivity index (χ0n) is 18.2. The Kier molecular flexibility index (Phi) is 7.43. The van der Waals surface area contributed by atoms with Crippen molar-refractivity contribution in [3.63, 3.8) is 0 Å². The normalized spacial score (nSPS) is 14.4. The van der Waals surface area contributed by atoms with Crippen LogP contribution < -0.4 is 0 Å². The van der Waals surface area contributed by atoms with Gasteiger partial charge in [0, 0.05) is 15.1 Å². The molecule has 2 aromatic carbocycles. The van der Waals surface area contributed by atoms with Gasteiger partial charge in [0.25, 0.3) is 0 Å². The van der Waals surface area contributed by atoms with Crippen LogP contribution in [-0.4, -0.2) is 39.2 Å². The van der Waals surface area contributed by atoms with Gasteiger partial charge in [-0.2, -0.15) is 0 Å². The first-order valence-electron chi connectivity index (χ1n) is 9.91. The highest BCUT2D eigenvalue weighted by Crippen LogP contribution is 2.36. The van der Waals surface area contributed by atoms with Crippen LogP contribution in [0.25, 0.3) is 6.08 Å². The molecule has 1 aromatic heterocycles. The zero-order chi connectivity index (χ0) is 22.8. The zero-order valence-corrected chi connectivity index (χ0v) is 20.5. The molecule has 0 saturated carbocycles. The first-order chi connectivity index (χ1) is 14.6. The summed E-state index contributed by atoms with van der Waals surface area (Å²) in [5.74, 6) is 0.749. The number of rotatable bonds is 6. The first kappa shape index (κ1) is 23.7. The maximum Gasteiger partial charge on any atom is 0.173 e. The SMILES string of the molecule is CN(C)C(c1ccc(Cl)cc1)c1nnnn1C(/C=C\c1ccc(Cl)cc1Cl)C(C)(C)C. The molecule has 0 N–H and O–H groups in total. The largest absolute Gasteiger partial charge is 0.296 e. The molecule has 164 valence electrons. The quantitative estimate of drug-likeness (QED) is 0.401. The molecule has 0 amide bonds. The third-order valence-corrected chi connectivity index (χ3v) is 5.85. The molecule has 3 rings (SSSR count). The Morgan fingerprint density at radius 3 is 2.19 bits per heavy atom. The minimum Gasteiger partial charge on any atom is -0.296 e. The molecule has 0 bridgehead atoms.